The molecule has 0 heterocycles. The lowest BCUT2D eigenvalue weighted by atomic mass is 9.44. The van der Waals surface area contributed by atoms with Crippen LogP contribution in [0.5, 0.6) is 0 Å². The first-order valence-corrected chi connectivity index (χ1v) is 13.9. The fourth-order valence-corrected chi connectivity index (χ4v) is 9.17. The molecule has 0 radical (unpaired) electrons. The van der Waals surface area contributed by atoms with E-state index in [0.29, 0.717) is 22.7 Å². The second-order valence-electron chi connectivity index (χ2n) is 13.2. The minimum absolute atomic E-state index is 0.0938. The second kappa shape index (κ2) is 9.10. The Bertz CT molecular complexity index is 710. The van der Waals surface area contributed by atoms with Crippen molar-refractivity contribution in [2.24, 2.45) is 58.2 Å². The third-order valence-corrected chi connectivity index (χ3v) is 11.4. The summed E-state index contributed by atoms with van der Waals surface area (Å²) in [5.41, 5.74) is 1.00. The Hall–Kier alpha value is -0.790. The molecule has 0 aliphatic heterocycles. The number of rotatable bonds is 5. The number of carbonyl (C=O) groups excluding carboxylic acids is 1. The molecule has 2 nitrogen and oxygen atoms in total. The molecule has 4 fully saturated rings. The predicted octanol–water partition coefficient (Wildman–Crippen LogP) is 8.06. The van der Waals surface area contributed by atoms with E-state index < -0.39 is 0 Å². The van der Waals surface area contributed by atoms with Crippen molar-refractivity contribution in [3.8, 4) is 0 Å². The number of hydrogen-bond acceptors (Lipinski definition) is 2. The molecule has 4 aliphatic carbocycles. The highest BCUT2D eigenvalue weighted by molar-refractivity contribution is 5.66. The van der Waals surface area contributed by atoms with E-state index in [-0.39, 0.29) is 12.1 Å². The van der Waals surface area contributed by atoms with Crippen molar-refractivity contribution in [2.75, 3.05) is 0 Å². The van der Waals surface area contributed by atoms with Gasteiger partial charge in [0.25, 0.3) is 0 Å². The molecule has 0 aromatic carbocycles. The molecule has 182 valence electrons. The van der Waals surface area contributed by atoms with Crippen molar-refractivity contribution in [1.82, 2.24) is 0 Å². The Balaban J connectivity index is 1.46. The maximum absolute atomic E-state index is 11.5. The van der Waals surface area contributed by atoms with Crippen molar-refractivity contribution in [3.05, 3.63) is 12.2 Å². The number of hydrogen-bond donors (Lipinski definition) is 0. The first-order chi connectivity index (χ1) is 15.1. The quantitative estimate of drug-likeness (QED) is 0.318. The van der Waals surface area contributed by atoms with Gasteiger partial charge in [0.1, 0.15) is 6.10 Å². The van der Waals surface area contributed by atoms with E-state index in [1.807, 2.05) is 0 Å². The fraction of sp³-hybridized carbons (Fsp3) is 0.900. The van der Waals surface area contributed by atoms with Crippen LogP contribution in [-0.4, -0.2) is 12.1 Å². The maximum atomic E-state index is 11.5. The van der Waals surface area contributed by atoms with Gasteiger partial charge < -0.3 is 4.74 Å². The minimum Gasteiger partial charge on any atom is -0.463 e. The molecule has 0 bridgehead atoms. The van der Waals surface area contributed by atoms with Gasteiger partial charge in [0.15, 0.2) is 0 Å². The van der Waals surface area contributed by atoms with Gasteiger partial charge >= 0.3 is 5.97 Å². The van der Waals surface area contributed by atoms with E-state index in [1.54, 1.807) is 6.92 Å². The first kappa shape index (κ1) is 24.3. The van der Waals surface area contributed by atoms with Crippen molar-refractivity contribution in [1.29, 1.82) is 0 Å². The molecule has 0 amide bonds. The lowest BCUT2D eigenvalue weighted by Crippen LogP contribution is -2.54. The van der Waals surface area contributed by atoms with Crippen molar-refractivity contribution < 1.29 is 9.53 Å². The lowest BCUT2D eigenvalue weighted by Gasteiger charge is -2.61. The molecule has 0 saturated heterocycles. The normalized spacial score (nSPS) is 45.8. The van der Waals surface area contributed by atoms with Crippen LogP contribution in [0.25, 0.3) is 0 Å². The predicted molar refractivity (Wildman–Crippen MR) is 133 cm³/mol. The van der Waals surface area contributed by atoms with Gasteiger partial charge in [-0.15, -0.1) is 0 Å². The summed E-state index contributed by atoms with van der Waals surface area (Å²) in [7, 11) is 0. The zero-order valence-electron chi connectivity index (χ0n) is 22.0. The van der Waals surface area contributed by atoms with Crippen LogP contribution in [0.3, 0.4) is 0 Å². The zero-order valence-corrected chi connectivity index (χ0v) is 22.0. The van der Waals surface area contributed by atoms with Gasteiger partial charge in [0.2, 0.25) is 0 Å². The van der Waals surface area contributed by atoms with Gasteiger partial charge in [-0.25, -0.2) is 0 Å². The fourth-order valence-electron chi connectivity index (χ4n) is 9.17. The topological polar surface area (TPSA) is 26.3 Å². The summed E-state index contributed by atoms with van der Waals surface area (Å²) in [5.74, 6) is 6.37. The van der Waals surface area contributed by atoms with Crippen LogP contribution in [0.1, 0.15) is 106 Å². The zero-order chi connectivity index (χ0) is 23.3. The summed E-state index contributed by atoms with van der Waals surface area (Å²) in [5, 5.41) is 0. The molecule has 0 aromatic rings. The SMILES string of the molecule is CC(=O)O[C@@H]1CC[C@]2(C)[C@@H](CC[C@@H]3[C@H]2CC[C@]2(C)[C@@H]3CC[C@H]2[C@H](C)/C=C/[C@H](C)C(C)C)C1. The Morgan fingerprint density at radius 3 is 2.25 bits per heavy atom. The summed E-state index contributed by atoms with van der Waals surface area (Å²) >= 11 is 0. The monoisotopic (exact) mass is 442 g/mol. The Kier molecular flexibility index (Phi) is 6.92. The minimum atomic E-state index is -0.0938. The highest BCUT2D eigenvalue weighted by atomic mass is 16.5. The summed E-state index contributed by atoms with van der Waals surface area (Å²) in [6, 6.07) is 0. The van der Waals surface area contributed by atoms with Gasteiger partial charge in [-0.2, -0.15) is 0 Å². The van der Waals surface area contributed by atoms with E-state index in [0.717, 1.165) is 48.3 Å². The van der Waals surface area contributed by atoms with Crippen LogP contribution in [0.15, 0.2) is 12.2 Å². The van der Waals surface area contributed by atoms with E-state index in [4.69, 9.17) is 4.74 Å². The van der Waals surface area contributed by atoms with E-state index in [1.165, 1.54) is 44.9 Å². The van der Waals surface area contributed by atoms with Gasteiger partial charge in [0.05, 0.1) is 0 Å². The van der Waals surface area contributed by atoms with Crippen LogP contribution in [0.2, 0.25) is 0 Å². The van der Waals surface area contributed by atoms with Gasteiger partial charge in [0, 0.05) is 6.92 Å². The molecule has 4 saturated carbocycles. The molecule has 0 aromatic heterocycles. The number of fused-ring (bicyclic) bond motifs is 5. The average Bonchev–Trinajstić information content (AvgIpc) is 3.08. The molecule has 0 spiro atoms. The Morgan fingerprint density at radius 1 is 0.875 bits per heavy atom. The van der Waals surface area contributed by atoms with Crippen LogP contribution in [0, 0.1) is 58.2 Å². The maximum Gasteiger partial charge on any atom is 0.302 e. The second-order valence-corrected chi connectivity index (χ2v) is 13.2. The summed E-state index contributed by atoms with van der Waals surface area (Å²) in [6.45, 7) is 16.4. The average molecular weight is 443 g/mol. The molecule has 0 unspecified atom stereocenters. The number of esters is 1. The third kappa shape index (κ3) is 4.22. The van der Waals surface area contributed by atoms with Crippen LogP contribution < -0.4 is 0 Å². The standard InChI is InChI=1S/C30H50O2/c1-19(2)20(3)8-9-21(4)26-12-13-27-25-11-10-23-18-24(32-22(5)31)14-16-29(23,6)28(25)15-17-30(26,27)7/h8-9,19-21,23-28H,10-18H2,1-7H3/b9-8+/t20-,21+,23-,24+,25-,26-,27+,28+,29+,30-/m0/s1. The number of allylic oxidation sites excluding steroid dienone is 2. The van der Waals surface area contributed by atoms with Crippen molar-refractivity contribution in [3.63, 3.8) is 0 Å². The van der Waals surface area contributed by atoms with Crippen molar-refractivity contribution >= 4 is 5.97 Å². The molecular weight excluding hydrogens is 392 g/mol. The first-order valence-electron chi connectivity index (χ1n) is 13.9. The Morgan fingerprint density at radius 2 is 1.56 bits per heavy atom. The van der Waals surface area contributed by atoms with E-state index >= 15 is 0 Å². The van der Waals surface area contributed by atoms with Crippen LogP contribution in [0.4, 0.5) is 0 Å². The summed E-state index contributed by atoms with van der Waals surface area (Å²) in [6.07, 6.45) is 17.2. The van der Waals surface area contributed by atoms with Gasteiger partial charge in [-0.1, -0.05) is 53.7 Å². The molecule has 10 atom stereocenters. The van der Waals surface area contributed by atoms with E-state index in [9.17, 15) is 4.79 Å². The summed E-state index contributed by atoms with van der Waals surface area (Å²) in [4.78, 5) is 11.5. The Labute approximate surface area is 198 Å². The highest BCUT2D eigenvalue weighted by Crippen LogP contribution is 2.68. The largest absolute Gasteiger partial charge is 0.463 e. The highest BCUT2D eigenvalue weighted by Gasteiger charge is 2.60. The van der Waals surface area contributed by atoms with Crippen molar-refractivity contribution in [2.45, 2.75) is 112 Å². The molecule has 4 aliphatic rings. The summed E-state index contributed by atoms with van der Waals surface area (Å²) < 4.78 is 5.66. The van der Waals surface area contributed by atoms with Crippen LogP contribution >= 0.6 is 0 Å². The molecule has 32 heavy (non-hydrogen) atoms. The van der Waals surface area contributed by atoms with Gasteiger partial charge in [-0.3, -0.25) is 4.79 Å². The smallest absolute Gasteiger partial charge is 0.302 e. The van der Waals surface area contributed by atoms with Crippen LogP contribution in [-0.2, 0) is 9.53 Å². The third-order valence-electron chi connectivity index (χ3n) is 11.4. The van der Waals surface area contributed by atoms with E-state index in [2.05, 4.69) is 53.7 Å². The lowest BCUT2D eigenvalue weighted by molar-refractivity contribution is -0.160. The molecular formula is C30H50O2. The molecule has 0 N–H and O–H groups in total. The number of carbonyl (C=O) groups is 1. The molecule has 4 rings (SSSR count). The number of ether oxygens (including phenoxy) is 1. The molecule has 2 heteroatoms. The van der Waals surface area contributed by atoms with Gasteiger partial charge in [-0.05, 0) is 116 Å².